The van der Waals surface area contributed by atoms with Crippen molar-refractivity contribution in [3.05, 3.63) is 0 Å². The molecule has 0 amide bonds. The van der Waals surface area contributed by atoms with Gasteiger partial charge < -0.3 is 29.2 Å². The number of carbonyl (C=O) groups is 4. The Morgan fingerprint density at radius 2 is 1.22 bits per heavy atom. The molecule has 9 aliphatic rings. The van der Waals surface area contributed by atoms with E-state index in [1.54, 1.807) is 27.7 Å². The van der Waals surface area contributed by atoms with E-state index < -0.39 is 69.3 Å². The Morgan fingerprint density at radius 1 is 0.707 bits per heavy atom. The van der Waals surface area contributed by atoms with Crippen LogP contribution < -0.4 is 0 Å². The fourth-order valence-electron chi connectivity index (χ4n) is 13.5. The van der Waals surface area contributed by atoms with Gasteiger partial charge in [-0.1, -0.05) is 65.3 Å². The summed E-state index contributed by atoms with van der Waals surface area (Å²) >= 11 is 0. The fourth-order valence-corrected chi connectivity index (χ4v) is 13.5. The highest BCUT2D eigenvalue weighted by Gasteiger charge is 2.65. The third kappa shape index (κ3) is 9.79. The van der Waals surface area contributed by atoms with Gasteiger partial charge in [0.05, 0.1) is 29.0 Å². The minimum absolute atomic E-state index is 0. The smallest absolute Gasteiger partial charge is 0.351 e. The number of rotatable bonds is 13. The summed E-state index contributed by atoms with van der Waals surface area (Å²) in [5.74, 6) is -2.14. The molecule has 8 saturated carbocycles. The molecule has 0 radical (unpaired) electrons. The second kappa shape index (κ2) is 18.0. The van der Waals surface area contributed by atoms with Gasteiger partial charge in [-0.3, -0.25) is 14.4 Å². The van der Waals surface area contributed by atoms with Crippen molar-refractivity contribution >= 4 is 23.9 Å². The average Bonchev–Trinajstić information content (AvgIpc) is 3.20. The predicted molar refractivity (Wildman–Crippen MR) is 231 cm³/mol. The summed E-state index contributed by atoms with van der Waals surface area (Å²) in [7, 11) is 0. The lowest BCUT2D eigenvalue weighted by molar-refractivity contribution is -0.263. The number of cyclic esters (lactones) is 1. The van der Waals surface area contributed by atoms with E-state index in [0.29, 0.717) is 43.4 Å². The van der Waals surface area contributed by atoms with Crippen molar-refractivity contribution in [1.29, 1.82) is 0 Å². The van der Waals surface area contributed by atoms with Crippen molar-refractivity contribution in [2.75, 3.05) is 0 Å². The van der Waals surface area contributed by atoms with Gasteiger partial charge in [0.2, 0.25) is 5.60 Å². The Balaban J connectivity index is 0.00000280. The van der Waals surface area contributed by atoms with Crippen LogP contribution in [0.2, 0.25) is 0 Å². The SMILES string of the molecule is C.C.C.C.C.C.CCC(CC(CC(C)C(=O)OC1(C)CC(C)(C)OC1=O)C(=O)OC12CC3CC(O)(CC(O)(C3)C1)C2)C(=O)OC(C)(CC)C12CC3CC(CC(C3)C1)C2. The molecule has 58 heavy (non-hydrogen) atoms. The largest absolute Gasteiger partial charge is 0.459 e. The van der Waals surface area contributed by atoms with E-state index in [9.17, 15) is 29.4 Å². The first-order chi connectivity index (χ1) is 24.1. The lowest BCUT2D eigenvalue weighted by Gasteiger charge is -2.62. The van der Waals surface area contributed by atoms with Crippen LogP contribution in [0.1, 0.15) is 202 Å². The summed E-state index contributed by atoms with van der Waals surface area (Å²) < 4.78 is 24.3. The summed E-state index contributed by atoms with van der Waals surface area (Å²) in [5.41, 5.74) is -6.01. The Kier molecular flexibility index (Phi) is 16.7. The number of hydrogen-bond donors (Lipinski definition) is 2. The van der Waals surface area contributed by atoms with Gasteiger partial charge in [-0.05, 0) is 135 Å². The Bertz CT molecular complexity index is 1420. The van der Waals surface area contributed by atoms with Gasteiger partial charge in [0, 0.05) is 31.1 Å². The minimum Gasteiger partial charge on any atom is -0.459 e. The monoisotopic (exact) mass is 825 g/mol. The van der Waals surface area contributed by atoms with E-state index >= 15 is 0 Å². The van der Waals surface area contributed by atoms with Gasteiger partial charge in [0.15, 0.2) is 0 Å². The molecule has 9 rings (SSSR count). The molecule has 10 heteroatoms. The van der Waals surface area contributed by atoms with E-state index in [4.69, 9.17) is 18.9 Å². The topological polar surface area (TPSA) is 146 Å². The zero-order valence-electron chi connectivity index (χ0n) is 32.7. The van der Waals surface area contributed by atoms with Gasteiger partial charge in [-0.2, -0.15) is 0 Å². The van der Waals surface area contributed by atoms with Crippen molar-refractivity contribution < 1.29 is 48.3 Å². The predicted octanol–water partition coefficient (Wildman–Crippen LogP) is 10.6. The van der Waals surface area contributed by atoms with Crippen LogP contribution in [-0.2, 0) is 38.1 Å². The zero-order valence-corrected chi connectivity index (χ0v) is 32.7. The summed E-state index contributed by atoms with van der Waals surface area (Å²) in [6.45, 7) is 13.0. The lowest BCUT2D eigenvalue weighted by Crippen LogP contribution is -2.67. The van der Waals surface area contributed by atoms with Crippen molar-refractivity contribution in [3.8, 4) is 0 Å². The molecular formula is C48H88O10. The van der Waals surface area contributed by atoms with E-state index in [1.807, 2.05) is 6.92 Å². The third-order valence-corrected chi connectivity index (χ3v) is 15.1. The molecule has 8 bridgehead atoms. The van der Waals surface area contributed by atoms with Gasteiger partial charge in [0.1, 0.15) is 16.8 Å². The first-order valence-corrected chi connectivity index (χ1v) is 20.5. The molecule has 7 atom stereocenters. The molecule has 0 spiro atoms. The van der Waals surface area contributed by atoms with Crippen molar-refractivity contribution in [2.24, 2.45) is 46.8 Å². The average molecular weight is 825 g/mol. The van der Waals surface area contributed by atoms with Crippen molar-refractivity contribution in [3.63, 3.8) is 0 Å². The van der Waals surface area contributed by atoms with Crippen LogP contribution in [0.3, 0.4) is 0 Å². The van der Waals surface area contributed by atoms with E-state index in [1.165, 1.54) is 19.3 Å². The number of ether oxygens (including phenoxy) is 4. The van der Waals surface area contributed by atoms with Crippen LogP contribution >= 0.6 is 0 Å². The normalized spacial score (nSPS) is 39.2. The Hall–Kier alpha value is -2.20. The zero-order chi connectivity index (χ0) is 37.7. The standard InChI is InChI=1S/C42H64O10.6CH4/c1-8-30(33(44)50-38(7,9-2)39-15-26-11-27(16-39)13-28(12-26)17-39)14-31(10-25(3)32(43)49-37(6)21-36(4,5)52-35(37)46)34(45)51-42-20-29-18-40(47,23-42)22-41(48,19-29)24-42;;;;;;/h25-31,47-48H,8-24H2,1-7H3;6*1H4. The molecule has 2 N–H and O–H groups in total. The van der Waals surface area contributed by atoms with Crippen molar-refractivity contribution in [1.82, 2.24) is 0 Å². The Labute approximate surface area is 354 Å². The highest BCUT2D eigenvalue weighted by Crippen LogP contribution is 2.65. The van der Waals surface area contributed by atoms with Gasteiger partial charge in [0.25, 0.3) is 0 Å². The maximum Gasteiger partial charge on any atom is 0.351 e. The second-order valence-corrected chi connectivity index (χ2v) is 20.4. The highest BCUT2D eigenvalue weighted by atomic mass is 16.6. The van der Waals surface area contributed by atoms with Crippen LogP contribution in [0.4, 0.5) is 0 Å². The van der Waals surface area contributed by atoms with Gasteiger partial charge >= 0.3 is 23.9 Å². The maximum absolute atomic E-state index is 14.4. The first kappa shape index (κ1) is 53.8. The summed E-state index contributed by atoms with van der Waals surface area (Å²) in [6.07, 6.45) is 11.3. The van der Waals surface area contributed by atoms with E-state index in [-0.39, 0.29) is 100 Å². The molecule has 0 aromatic carbocycles. The molecule has 8 aliphatic carbocycles. The molecule has 1 aliphatic heterocycles. The van der Waals surface area contributed by atoms with Gasteiger partial charge in [-0.15, -0.1) is 0 Å². The van der Waals surface area contributed by atoms with Gasteiger partial charge in [-0.25, -0.2) is 4.79 Å². The number of esters is 4. The highest BCUT2D eigenvalue weighted by molar-refractivity contribution is 5.86. The van der Waals surface area contributed by atoms with Crippen LogP contribution in [0.15, 0.2) is 0 Å². The molecule has 340 valence electrons. The number of aliphatic hydroxyl groups is 2. The summed E-state index contributed by atoms with van der Waals surface area (Å²) in [6, 6.07) is 0. The molecule has 10 nitrogen and oxygen atoms in total. The number of hydrogen-bond acceptors (Lipinski definition) is 10. The minimum atomic E-state index is -1.44. The van der Waals surface area contributed by atoms with Crippen LogP contribution in [0, 0.1) is 46.8 Å². The summed E-state index contributed by atoms with van der Waals surface area (Å²) in [4.78, 5) is 55.1. The molecule has 7 unspecified atom stereocenters. The second-order valence-electron chi connectivity index (χ2n) is 20.4. The maximum atomic E-state index is 14.4. The number of carbonyl (C=O) groups excluding carboxylic acids is 4. The molecular weight excluding hydrogens is 737 g/mol. The fraction of sp³-hybridized carbons (Fsp3) is 0.917. The quantitative estimate of drug-likeness (QED) is 0.136. The van der Waals surface area contributed by atoms with E-state index in [0.717, 1.165) is 25.7 Å². The van der Waals surface area contributed by atoms with E-state index in [2.05, 4.69) is 13.8 Å². The Morgan fingerprint density at radius 3 is 1.66 bits per heavy atom. The van der Waals surface area contributed by atoms with Crippen LogP contribution in [0.25, 0.3) is 0 Å². The molecule has 0 aromatic heterocycles. The first-order valence-electron chi connectivity index (χ1n) is 20.5. The van der Waals surface area contributed by atoms with Crippen molar-refractivity contribution in [2.45, 2.75) is 236 Å². The molecule has 1 saturated heterocycles. The molecule has 0 aromatic rings. The molecule has 1 heterocycles. The molecule has 9 fully saturated rings. The lowest BCUT2D eigenvalue weighted by atomic mass is 9.45. The van der Waals surface area contributed by atoms with Crippen LogP contribution in [0.5, 0.6) is 0 Å². The third-order valence-electron chi connectivity index (χ3n) is 15.1. The van der Waals surface area contributed by atoms with Crippen LogP contribution in [-0.4, -0.2) is 67.7 Å². The summed E-state index contributed by atoms with van der Waals surface area (Å²) in [5, 5.41) is 22.8.